The fourth-order valence-corrected chi connectivity index (χ4v) is 2.65. The summed E-state index contributed by atoms with van der Waals surface area (Å²) in [5, 5.41) is 17.0. The summed E-state index contributed by atoms with van der Waals surface area (Å²) >= 11 is 3.51. The average Bonchev–Trinajstić information content (AvgIpc) is 2.97. The van der Waals surface area contributed by atoms with Gasteiger partial charge in [0.15, 0.2) is 5.65 Å². The lowest BCUT2D eigenvalue weighted by Crippen LogP contribution is -2.26. The van der Waals surface area contributed by atoms with Crippen LogP contribution in [0.25, 0.3) is 11.0 Å². The van der Waals surface area contributed by atoms with Crippen molar-refractivity contribution in [1.82, 2.24) is 34.6 Å². The number of hydrogen-bond acceptors (Lipinski definition) is 5. The van der Waals surface area contributed by atoms with Gasteiger partial charge in [-0.15, -0.1) is 5.10 Å². The first kappa shape index (κ1) is 13.9. The fraction of sp³-hybridized carbons (Fsp3) is 0.417. The number of rotatable bonds is 3. The van der Waals surface area contributed by atoms with Crippen molar-refractivity contribution in [2.24, 2.45) is 7.05 Å². The second-order valence-corrected chi connectivity index (χ2v) is 5.51. The van der Waals surface area contributed by atoms with E-state index in [9.17, 15) is 4.79 Å². The molecule has 0 radical (unpaired) electrons. The minimum Gasteiger partial charge on any atom is -0.267 e. The third-order valence-electron chi connectivity index (χ3n) is 3.37. The second-order valence-electron chi connectivity index (χ2n) is 4.72. The van der Waals surface area contributed by atoms with E-state index >= 15 is 0 Å². The summed E-state index contributed by atoms with van der Waals surface area (Å²) in [6, 6.07) is 0. The molecule has 3 aromatic rings. The first-order valence-corrected chi connectivity index (χ1v) is 7.29. The van der Waals surface area contributed by atoms with E-state index in [1.54, 1.807) is 7.05 Å². The summed E-state index contributed by atoms with van der Waals surface area (Å²) < 4.78 is 5.60. The summed E-state index contributed by atoms with van der Waals surface area (Å²) in [5.41, 5.74) is 2.06. The molecule has 3 heterocycles. The van der Waals surface area contributed by atoms with Gasteiger partial charge >= 0.3 is 0 Å². The highest BCUT2D eigenvalue weighted by Gasteiger charge is 2.16. The van der Waals surface area contributed by atoms with Gasteiger partial charge in [-0.05, 0) is 29.8 Å². The molecule has 0 unspecified atom stereocenters. The number of aromatic nitrogens is 7. The van der Waals surface area contributed by atoms with Crippen molar-refractivity contribution in [2.75, 3.05) is 0 Å². The Hall–Kier alpha value is -2.03. The quantitative estimate of drug-likeness (QED) is 0.698. The highest BCUT2D eigenvalue weighted by atomic mass is 79.9. The molecular weight excluding hydrogens is 338 g/mol. The Morgan fingerprint density at radius 1 is 1.33 bits per heavy atom. The SMILES string of the molecule is CCn1nc(C)c(Br)c1Cn1nnc2c(cnn2C)c1=O. The minimum atomic E-state index is -0.207. The van der Waals surface area contributed by atoms with Crippen molar-refractivity contribution in [1.29, 1.82) is 0 Å². The maximum atomic E-state index is 12.4. The van der Waals surface area contributed by atoms with Gasteiger partial charge in [0.1, 0.15) is 5.39 Å². The van der Waals surface area contributed by atoms with Crippen LogP contribution >= 0.6 is 15.9 Å². The number of aryl methyl sites for hydroxylation is 3. The summed E-state index contributed by atoms with van der Waals surface area (Å²) in [4.78, 5) is 12.4. The van der Waals surface area contributed by atoms with Crippen molar-refractivity contribution >= 4 is 27.0 Å². The van der Waals surface area contributed by atoms with Gasteiger partial charge in [-0.2, -0.15) is 10.2 Å². The van der Waals surface area contributed by atoms with Crippen LogP contribution in [0.3, 0.4) is 0 Å². The minimum absolute atomic E-state index is 0.207. The van der Waals surface area contributed by atoms with E-state index in [4.69, 9.17) is 0 Å². The summed E-state index contributed by atoms with van der Waals surface area (Å²) in [7, 11) is 1.73. The van der Waals surface area contributed by atoms with Crippen LogP contribution < -0.4 is 5.56 Å². The molecule has 3 aromatic heterocycles. The number of nitrogens with zero attached hydrogens (tertiary/aromatic N) is 7. The zero-order valence-electron chi connectivity index (χ0n) is 11.9. The van der Waals surface area contributed by atoms with E-state index in [-0.39, 0.29) is 5.56 Å². The summed E-state index contributed by atoms with van der Waals surface area (Å²) in [6.45, 7) is 4.95. The van der Waals surface area contributed by atoms with E-state index in [0.29, 0.717) is 17.6 Å². The molecule has 0 saturated carbocycles. The maximum absolute atomic E-state index is 12.4. The fourth-order valence-electron chi connectivity index (χ4n) is 2.24. The van der Waals surface area contributed by atoms with Gasteiger partial charge in [0.05, 0.1) is 28.6 Å². The lowest BCUT2D eigenvalue weighted by atomic mass is 10.3. The lowest BCUT2D eigenvalue weighted by Gasteiger charge is -2.06. The van der Waals surface area contributed by atoms with Crippen molar-refractivity contribution in [2.45, 2.75) is 26.9 Å². The Bertz CT molecular complexity index is 876. The van der Waals surface area contributed by atoms with Gasteiger partial charge in [0, 0.05) is 13.6 Å². The number of halogens is 1. The average molecular weight is 352 g/mol. The van der Waals surface area contributed by atoms with Crippen LogP contribution in [0.1, 0.15) is 18.3 Å². The molecule has 0 atom stereocenters. The predicted molar refractivity (Wildman–Crippen MR) is 80.0 cm³/mol. The molecule has 0 N–H and O–H groups in total. The van der Waals surface area contributed by atoms with Gasteiger partial charge in [0.25, 0.3) is 5.56 Å². The van der Waals surface area contributed by atoms with Crippen molar-refractivity contribution in [3.05, 3.63) is 32.4 Å². The largest absolute Gasteiger partial charge is 0.281 e. The molecule has 9 heteroatoms. The molecule has 0 fully saturated rings. The van der Waals surface area contributed by atoms with Crippen LogP contribution in [0.2, 0.25) is 0 Å². The van der Waals surface area contributed by atoms with E-state index in [1.165, 1.54) is 15.6 Å². The summed E-state index contributed by atoms with van der Waals surface area (Å²) in [6.07, 6.45) is 1.51. The van der Waals surface area contributed by atoms with Crippen LogP contribution in [0, 0.1) is 6.92 Å². The molecule has 8 nitrogen and oxygen atoms in total. The smallest absolute Gasteiger partial charge is 0.267 e. The van der Waals surface area contributed by atoms with Gasteiger partial charge in [0.2, 0.25) is 0 Å². The monoisotopic (exact) mass is 351 g/mol. The van der Waals surface area contributed by atoms with E-state index in [1.807, 2.05) is 18.5 Å². The normalized spacial score (nSPS) is 11.4. The van der Waals surface area contributed by atoms with Crippen molar-refractivity contribution < 1.29 is 0 Å². The van der Waals surface area contributed by atoms with Crippen LogP contribution in [0.15, 0.2) is 15.5 Å². The summed E-state index contributed by atoms with van der Waals surface area (Å²) in [5.74, 6) is 0. The molecule has 0 spiro atoms. The Labute approximate surface area is 128 Å². The van der Waals surface area contributed by atoms with Crippen LogP contribution in [0.4, 0.5) is 0 Å². The van der Waals surface area contributed by atoms with Crippen molar-refractivity contribution in [3.63, 3.8) is 0 Å². The molecule has 3 rings (SSSR count). The highest BCUT2D eigenvalue weighted by molar-refractivity contribution is 9.10. The van der Waals surface area contributed by atoms with E-state index < -0.39 is 0 Å². The van der Waals surface area contributed by atoms with Crippen LogP contribution in [-0.4, -0.2) is 34.6 Å². The Balaban J connectivity index is 2.11. The number of hydrogen-bond donors (Lipinski definition) is 0. The Morgan fingerprint density at radius 2 is 2.10 bits per heavy atom. The second kappa shape index (κ2) is 5.06. The van der Waals surface area contributed by atoms with Crippen LogP contribution in [0.5, 0.6) is 0 Å². The molecule has 21 heavy (non-hydrogen) atoms. The topological polar surface area (TPSA) is 83.4 Å². The van der Waals surface area contributed by atoms with Crippen LogP contribution in [-0.2, 0) is 20.1 Å². The molecule has 0 aliphatic carbocycles. The molecule has 0 bridgehead atoms. The third-order valence-corrected chi connectivity index (χ3v) is 4.40. The molecule has 0 amide bonds. The first-order chi connectivity index (χ1) is 10.0. The Morgan fingerprint density at radius 3 is 2.81 bits per heavy atom. The lowest BCUT2D eigenvalue weighted by molar-refractivity contribution is 0.540. The molecule has 0 aromatic carbocycles. The molecule has 0 saturated heterocycles. The molecule has 0 aliphatic heterocycles. The van der Waals surface area contributed by atoms with Gasteiger partial charge < -0.3 is 0 Å². The zero-order valence-corrected chi connectivity index (χ0v) is 13.5. The zero-order chi connectivity index (χ0) is 15.1. The predicted octanol–water partition coefficient (Wildman–Crippen LogP) is 0.861. The van der Waals surface area contributed by atoms with Gasteiger partial charge in [-0.25, -0.2) is 9.36 Å². The standard InChI is InChI=1S/C12H14BrN7O/c1-4-19-9(10(13)7(2)16-19)6-20-12(21)8-5-14-18(3)11(8)15-17-20/h5H,4,6H2,1-3H3. The third kappa shape index (κ3) is 2.17. The molecule has 110 valence electrons. The first-order valence-electron chi connectivity index (χ1n) is 6.50. The van der Waals surface area contributed by atoms with E-state index in [2.05, 4.69) is 36.4 Å². The Kier molecular flexibility index (Phi) is 3.36. The maximum Gasteiger partial charge on any atom is 0.281 e. The van der Waals surface area contributed by atoms with Gasteiger partial charge in [-0.3, -0.25) is 9.48 Å². The van der Waals surface area contributed by atoms with Crippen molar-refractivity contribution in [3.8, 4) is 0 Å². The highest BCUT2D eigenvalue weighted by Crippen LogP contribution is 2.21. The number of fused-ring (bicyclic) bond motifs is 1. The van der Waals surface area contributed by atoms with Gasteiger partial charge in [-0.1, -0.05) is 5.21 Å². The van der Waals surface area contributed by atoms with E-state index in [0.717, 1.165) is 22.4 Å². The molecular formula is C12H14BrN7O. The molecule has 0 aliphatic rings.